The van der Waals surface area contributed by atoms with Crippen LogP contribution < -0.4 is 0 Å². The largest absolute Gasteiger partial charge is 0.465 e. The Kier molecular flexibility index (Phi) is 5.86. The summed E-state index contributed by atoms with van der Waals surface area (Å²) in [6, 6.07) is 8.40. The third-order valence-electron chi connectivity index (χ3n) is 3.71. The van der Waals surface area contributed by atoms with Crippen LogP contribution in [0.15, 0.2) is 42.6 Å². The van der Waals surface area contributed by atoms with Gasteiger partial charge in [0.15, 0.2) is 0 Å². The van der Waals surface area contributed by atoms with Crippen LogP contribution in [-0.2, 0) is 4.74 Å². The summed E-state index contributed by atoms with van der Waals surface area (Å²) in [6.45, 7) is 0. The summed E-state index contributed by atoms with van der Waals surface area (Å²) in [5, 5.41) is 22.8. The Morgan fingerprint density at radius 3 is 2.30 bits per heavy atom. The summed E-state index contributed by atoms with van der Waals surface area (Å²) in [4.78, 5) is 35.2. The Morgan fingerprint density at radius 2 is 1.74 bits per heavy atom. The van der Waals surface area contributed by atoms with E-state index in [1.54, 1.807) is 43.4 Å². The van der Waals surface area contributed by atoms with Crippen LogP contribution >= 0.6 is 0 Å². The number of carbonyl (C=O) groups excluding carboxylic acids is 1. The van der Waals surface area contributed by atoms with Crippen LogP contribution in [0.4, 0.5) is 11.4 Å². The number of non-ortho nitro benzene ring substituents is 1. The van der Waals surface area contributed by atoms with Gasteiger partial charge in [0.1, 0.15) is 0 Å². The van der Waals surface area contributed by atoms with E-state index in [4.69, 9.17) is 4.74 Å². The van der Waals surface area contributed by atoms with Gasteiger partial charge >= 0.3 is 5.97 Å². The number of rotatable bonds is 6. The highest BCUT2D eigenvalue weighted by Gasteiger charge is 2.25. The Bertz CT molecular complexity index is 937. The molecule has 0 fully saturated rings. The predicted octanol–water partition coefficient (Wildman–Crippen LogP) is 3.49. The van der Waals surface area contributed by atoms with E-state index in [2.05, 4.69) is 0 Å². The number of ether oxygens (including phenoxy) is 1. The maximum atomic E-state index is 12.1. The van der Waals surface area contributed by atoms with Crippen LogP contribution in [0, 0.1) is 20.2 Å². The fourth-order valence-corrected chi connectivity index (χ4v) is 2.51. The molecule has 0 radical (unpaired) electrons. The molecule has 0 spiro atoms. The van der Waals surface area contributed by atoms with Crippen LogP contribution in [-0.4, -0.2) is 41.9 Å². The van der Waals surface area contributed by atoms with E-state index in [9.17, 15) is 25.0 Å². The minimum Gasteiger partial charge on any atom is -0.465 e. The standard InChI is InChI=1S/C18H17N3O6/c1-19(2)9-8-14-16(10-12(20(23)24)11-17(14)21(25)26)13-6-4-5-7-15(13)18(22)27-3/h4-11H,1-3H3. The summed E-state index contributed by atoms with van der Waals surface area (Å²) in [6.07, 6.45) is 3.06. The van der Waals surface area contributed by atoms with Gasteiger partial charge in [-0.3, -0.25) is 20.2 Å². The second-order valence-corrected chi connectivity index (χ2v) is 5.76. The van der Waals surface area contributed by atoms with Crippen LogP contribution in [0.5, 0.6) is 0 Å². The molecule has 0 aromatic heterocycles. The molecular weight excluding hydrogens is 354 g/mol. The van der Waals surface area contributed by atoms with Gasteiger partial charge in [-0.25, -0.2) is 4.79 Å². The van der Waals surface area contributed by atoms with Gasteiger partial charge in [0.2, 0.25) is 0 Å². The molecule has 0 unspecified atom stereocenters. The van der Waals surface area contributed by atoms with Gasteiger partial charge in [0, 0.05) is 25.7 Å². The lowest BCUT2D eigenvalue weighted by Gasteiger charge is -2.12. The van der Waals surface area contributed by atoms with Gasteiger partial charge in [0.05, 0.1) is 34.1 Å². The molecule has 0 aliphatic carbocycles. The second kappa shape index (κ2) is 8.09. The van der Waals surface area contributed by atoms with Crippen molar-refractivity contribution in [1.82, 2.24) is 4.90 Å². The van der Waals surface area contributed by atoms with E-state index < -0.39 is 27.2 Å². The van der Waals surface area contributed by atoms with Crippen LogP contribution in [0.2, 0.25) is 0 Å². The molecular formula is C18H17N3O6. The number of benzene rings is 2. The lowest BCUT2D eigenvalue weighted by molar-refractivity contribution is -0.394. The Labute approximate surface area is 154 Å². The molecule has 0 saturated carbocycles. The van der Waals surface area contributed by atoms with E-state index in [1.165, 1.54) is 25.3 Å². The van der Waals surface area contributed by atoms with Gasteiger partial charge in [-0.2, -0.15) is 0 Å². The first-order valence-corrected chi connectivity index (χ1v) is 7.75. The highest BCUT2D eigenvalue weighted by molar-refractivity contribution is 5.99. The van der Waals surface area contributed by atoms with Crippen molar-refractivity contribution in [3.63, 3.8) is 0 Å². The van der Waals surface area contributed by atoms with Gasteiger partial charge in [-0.15, -0.1) is 0 Å². The van der Waals surface area contributed by atoms with Gasteiger partial charge in [0.25, 0.3) is 11.4 Å². The number of methoxy groups -OCH3 is 1. The van der Waals surface area contributed by atoms with E-state index >= 15 is 0 Å². The molecule has 0 aliphatic heterocycles. The zero-order valence-corrected chi connectivity index (χ0v) is 14.9. The molecule has 9 nitrogen and oxygen atoms in total. The second-order valence-electron chi connectivity index (χ2n) is 5.76. The van der Waals surface area contributed by atoms with E-state index in [1.807, 2.05) is 0 Å². The number of nitro benzene ring substituents is 2. The highest BCUT2D eigenvalue weighted by Crippen LogP contribution is 2.37. The van der Waals surface area contributed by atoms with Crippen molar-refractivity contribution in [2.45, 2.75) is 0 Å². The maximum absolute atomic E-state index is 12.1. The van der Waals surface area contributed by atoms with Gasteiger partial charge < -0.3 is 9.64 Å². The smallest absolute Gasteiger partial charge is 0.338 e. The first-order valence-electron chi connectivity index (χ1n) is 7.75. The van der Waals surface area contributed by atoms with Crippen molar-refractivity contribution in [2.75, 3.05) is 21.2 Å². The zero-order valence-electron chi connectivity index (χ0n) is 14.9. The van der Waals surface area contributed by atoms with E-state index in [0.29, 0.717) is 5.56 Å². The highest BCUT2D eigenvalue weighted by atomic mass is 16.6. The summed E-state index contributed by atoms with van der Waals surface area (Å²) in [5.41, 5.74) is -0.0927. The molecule has 0 heterocycles. The summed E-state index contributed by atoms with van der Waals surface area (Å²) >= 11 is 0. The van der Waals surface area contributed by atoms with Crippen LogP contribution in [0.25, 0.3) is 17.2 Å². The Morgan fingerprint density at radius 1 is 1.07 bits per heavy atom. The first-order chi connectivity index (χ1) is 12.8. The van der Waals surface area contributed by atoms with Gasteiger partial charge in [-0.1, -0.05) is 18.2 Å². The Hall–Kier alpha value is -3.75. The number of nitrogens with zero attached hydrogens (tertiary/aromatic N) is 3. The number of nitro groups is 2. The molecule has 0 saturated heterocycles. The van der Waals surface area contributed by atoms with Crippen molar-refractivity contribution in [3.05, 3.63) is 74.0 Å². The average molecular weight is 371 g/mol. The average Bonchev–Trinajstić information content (AvgIpc) is 2.64. The molecule has 2 aromatic carbocycles. The SMILES string of the molecule is COC(=O)c1ccccc1-c1cc([N+](=O)[O-])cc([N+](=O)[O-])c1C=CN(C)C. The molecule has 0 atom stereocenters. The molecule has 2 rings (SSSR count). The maximum Gasteiger partial charge on any atom is 0.338 e. The minimum absolute atomic E-state index is 0.147. The van der Waals surface area contributed by atoms with Gasteiger partial charge in [-0.05, 0) is 23.9 Å². The molecule has 0 N–H and O–H groups in total. The fraction of sp³-hybridized carbons (Fsp3) is 0.167. The summed E-state index contributed by atoms with van der Waals surface area (Å²) in [7, 11) is 4.67. The topological polar surface area (TPSA) is 116 Å². The molecule has 0 bridgehead atoms. The molecule has 27 heavy (non-hydrogen) atoms. The minimum atomic E-state index is -0.712. The first kappa shape index (κ1) is 19.6. The predicted molar refractivity (Wildman–Crippen MR) is 99.2 cm³/mol. The van der Waals surface area contributed by atoms with Crippen LogP contribution in [0.1, 0.15) is 15.9 Å². The van der Waals surface area contributed by atoms with Crippen LogP contribution in [0.3, 0.4) is 0 Å². The molecule has 0 amide bonds. The fourth-order valence-electron chi connectivity index (χ4n) is 2.51. The third-order valence-corrected chi connectivity index (χ3v) is 3.71. The van der Waals surface area contributed by atoms with Crippen molar-refractivity contribution in [3.8, 4) is 11.1 Å². The molecule has 9 heteroatoms. The quantitative estimate of drug-likeness (QED) is 0.433. The lowest BCUT2D eigenvalue weighted by Crippen LogP contribution is -2.05. The van der Waals surface area contributed by atoms with Crippen molar-refractivity contribution < 1.29 is 19.4 Å². The number of hydrogen-bond acceptors (Lipinski definition) is 7. The van der Waals surface area contributed by atoms with E-state index in [-0.39, 0.29) is 16.7 Å². The monoisotopic (exact) mass is 371 g/mol. The molecule has 0 aliphatic rings. The zero-order chi connectivity index (χ0) is 20.1. The summed E-state index contributed by atoms with van der Waals surface area (Å²) < 4.78 is 4.76. The van der Waals surface area contributed by atoms with E-state index in [0.717, 1.165) is 6.07 Å². The van der Waals surface area contributed by atoms with Crippen molar-refractivity contribution >= 4 is 23.4 Å². The number of esters is 1. The molecule has 140 valence electrons. The van der Waals surface area contributed by atoms with Crippen molar-refractivity contribution in [1.29, 1.82) is 0 Å². The third kappa shape index (κ3) is 4.27. The molecule has 2 aromatic rings. The number of carbonyl (C=O) groups is 1. The summed E-state index contributed by atoms with van der Waals surface area (Å²) in [5.74, 6) is -0.651. The lowest BCUT2D eigenvalue weighted by atomic mass is 9.93. The number of hydrogen-bond donors (Lipinski definition) is 0. The Balaban J connectivity index is 2.91. The normalized spacial score (nSPS) is 10.6. The van der Waals surface area contributed by atoms with Crippen molar-refractivity contribution in [2.24, 2.45) is 0 Å².